The van der Waals surface area contributed by atoms with Crippen LogP contribution >= 0.6 is 0 Å². The first-order chi connectivity index (χ1) is 12.6. The normalized spacial score (nSPS) is 10.3. The molecular weight excluding hydrogens is 328 g/mol. The van der Waals surface area contributed by atoms with E-state index in [1.165, 1.54) is 6.33 Å². The molecule has 0 atom stereocenters. The molecule has 6 heteroatoms. The Morgan fingerprint density at radius 3 is 2.15 bits per heavy atom. The van der Waals surface area contributed by atoms with Gasteiger partial charge in [-0.15, -0.1) is 0 Å². The molecule has 2 N–H and O–H groups in total. The maximum atomic E-state index is 5.40. The number of methoxy groups -OCH3 is 2. The van der Waals surface area contributed by atoms with Gasteiger partial charge in [0.15, 0.2) is 0 Å². The molecule has 0 bridgehead atoms. The van der Waals surface area contributed by atoms with Crippen LogP contribution in [-0.2, 0) is 0 Å². The Hall–Kier alpha value is -3.28. The predicted octanol–water partition coefficient (Wildman–Crippen LogP) is 4.60. The zero-order chi connectivity index (χ0) is 18.5. The highest BCUT2D eigenvalue weighted by Crippen LogP contribution is 2.31. The van der Waals surface area contributed by atoms with Crippen LogP contribution in [-0.4, -0.2) is 24.2 Å². The number of hydrogen-bond acceptors (Lipinski definition) is 6. The van der Waals surface area contributed by atoms with E-state index < -0.39 is 0 Å². The van der Waals surface area contributed by atoms with Crippen molar-refractivity contribution in [2.24, 2.45) is 0 Å². The van der Waals surface area contributed by atoms with Gasteiger partial charge in [-0.3, -0.25) is 0 Å². The van der Waals surface area contributed by atoms with Gasteiger partial charge in [-0.25, -0.2) is 9.97 Å². The number of aryl methyl sites for hydroxylation is 2. The van der Waals surface area contributed by atoms with Crippen molar-refractivity contribution in [1.29, 1.82) is 0 Å². The Bertz CT molecular complexity index is 892. The first-order valence-corrected chi connectivity index (χ1v) is 8.25. The minimum Gasteiger partial charge on any atom is -0.497 e. The summed E-state index contributed by atoms with van der Waals surface area (Å²) in [5, 5.41) is 6.63. The van der Waals surface area contributed by atoms with E-state index in [0.717, 1.165) is 28.3 Å². The Morgan fingerprint density at radius 1 is 0.808 bits per heavy atom. The van der Waals surface area contributed by atoms with E-state index in [-0.39, 0.29) is 0 Å². The van der Waals surface area contributed by atoms with E-state index >= 15 is 0 Å². The average Bonchev–Trinajstić information content (AvgIpc) is 2.65. The van der Waals surface area contributed by atoms with E-state index in [1.807, 2.05) is 30.3 Å². The van der Waals surface area contributed by atoms with Gasteiger partial charge < -0.3 is 20.1 Å². The van der Waals surface area contributed by atoms with Crippen molar-refractivity contribution >= 4 is 23.0 Å². The van der Waals surface area contributed by atoms with Crippen LogP contribution in [0.15, 0.2) is 48.8 Å². The lowest BCUT2D eigenvalue weighted by Crippen LogP contribution is -2.01. The molecule has 0 saturated carbocycles. The summed E-state index contributed by atoms with van der Waals surface area (Å²) in [5.41, 5.74) is 4.14. The minimum absolute atomic E-state index is 0.653. The molecule has 1 aromatic heterocycles. The first kappa shape index (κ1) is 17.5. The highest BCUT2D eigenvalue weighted by atomic mass is 16.5. The molecule has 0 unspecified atom stereocenters. The first-order valence-electron chi connectivity index (χ1n) is 8.25. The SMILES string of the molecule is COc1ccc(OC)c(Nc2cc(Nc3c(C)cccc3C)ncn2)c1. The van der Waals surface area contributed by atoms with Gasteiger partial charge in [-0.05, 0) is 37.1 Å². The van der Waals surface area contributed by atoms with Crippen LogP contribution < -0.4 is 20.1 Å². The lowest BCUT2D eigenvalue weighted by Gasteiger charge is -2.14. The summed E-state index contributed by atoms with van der Waals surface area (Å²) in [5.74, 6) is 2.80. The van der Waals surface area contributed by atoms with E-state index in [2.05, 4.69) is 46.6 Å². The summed E-state index contributed by atoms with van der Waals surface area (Å²) in [6.07, 6.45) is 1.52. The summed E-state index contributed by atoms with van der Waals surface area (Å²) in [4.78, 5) is 8.61. The Kier molecular flexibility index (Phi) is 5.22. The van der Waals surface area contributed by atoms with Gasteiger partial charge in [-0.2, -0.15) is 0 Å². The molecule has 26 heavy (non-hydrogen) atoms. The maximum absolute atomic E-state index is 5.40. The van der Waals surface area contributed by atoms with Gasteiger partial charge in [0.05, 0.1) is 19.9 Å². The van der Waals surface area contributed by atoms with Crippen molar-refractivity contribution in [3.63, 3.8) is 0 Å². The van der Waals surface area contributed by atoms with Gasteiger partial charge in [-0.1, -0.05) is 18.2 Å². The number of nitrogens with one attached hydrogen (secondary N) is 2. The zero-order valence-corrected chi connectivity index (χ0v) is 15.3. The Morgan fingerprint density at radius 2 is 1.50 bits per heavy atom. The number of hydrogen-bond donors (Lipinski definition) is 2. The largest absolute Gasteiger partial charge is 0.497 e. The molecule has 0 radical (unpaired) electrons. The van der Waals surface area contributed by atoms with Crippen molar-refractivity contribution in [2.45, 2.75) is 13.8 Å². The Balaban J connectivity index is 1.86. The second-order valence-corrected chi connectivity index (χ2v) is 5.87. The predicted molar refractivity (Wildman–Crippen MR) is 104 cm³/mol. The number of rotatable bonds is 6. The molecule has 3 aromatic rings. The third-order valence-corrected chi connectivity index (χ3v) is 4.07. The average molecular weight is 350 g/mol. The van der Waals surface area contributed by atoms with Crippen LogP contribution in [0.3, 0.4) is 0 Å². The van der Waals surface area contributed by atoms with Gasteiger partial charge >= 0.3 is 0 Å². The molecule has 0 saturated heterocycles. The van der Waals surface area contributed by atoms with Crippen LogP contribution in [0.25, 0.3) is 0 Å². The van der Waals surface area contributed by atoms with Crippen molar-refractivity contribution in [3.05, 3.63) is 59.9 Å². The second kappa shape index (κ2) is 7.74. The molecule has 1 heterocycles. The topological polar surface area (TPSA) is 68.3 Å². The van der Waals surface area contributed by atoms with Crippen LogP contribution in [0.1, 0.15) is 11.1 Å². The third kappa shape index (κ3) is 3.85. The van der Waals surface area contributed by atoms with E-state index in [0.29, 0.717) is 17.4 Å². The maximum Gasteiger partial charge on any atom is 0.142 e. The highest BCUT2D eigenvalue weighted by molar-refractivity contribution is 5.70. The lowest BCUT2D eigenvalue weighted by atomic mass is 10.1. The van der Waals surface area contributed by atoms with Gasteiger partial charge in [0, 0.05) is 17.8 Å². The number of para-hydroxylation sites is 1. The van der Waals surface area contributed by atoms with Crippen LogP contribution in [0.4, 0.5) is 23.0 Å². The molecule has 6 nitrogen and oxygen atoms in total. The molecule has 0 spiro atoms. The number of anilines is 4. The minimum atomic E-state index is 0.653. The summed E-state index contributed by atoms with van der Waals surface area (Å²) in [6.45, 7) is 4.13. The van der Waals surface area contributed by atoms with Crippen LogP contribution in [0.5, 0.6) is 11.5 Å². The van der Waals surface area contributed by atoms with Crippen molar-refractivity contribution in [3.8, 4) is 11.5 Å². The standard InChI is InChI=1S/C20H22N4O2/c1-13-6-5-7-14(2)20(13)24-19-11-18(21-12-22-19)23-16-10-15(25-3)8-9-17(16)26-4/h5-12H,1-4H3,(H2,21,22,23,24). The van der Waals surface area contributed by atoms with Crippen LogP contribution in [0, 0.1) is 13.8 Å². The fraction of sp³-hybridized carbons (Fsp3) is 0.200. The molecule has 0 amide bonds. The van der Waals surface area contributed by atoms with Gasteiger partial charge in [0.2, 0.25) is 0 Å². The second-order valence-electron chi connectivity index (χ2n) is 5.87. The van der Waals surface area contributed by atoms with E-state index in [9.17, 15) is 0 Å². The summed E-state index contributed by atoms with van der Waals surface area (Å²) in [7, 11) is 3.25. The summed E-state index contributed by atoms with van der Waals surface area (Å²) < 4.78 is 10.7. The smallest absolute Gasteiger partial charge is 0.142 e. The summed E-state index contributed by atoms with van der Waals surface area (Å²) in [6, 6.07) is 13.6. The van der Waals surface area contributed by atoms with E-state index in [1.54, 1.807) is 14.2 Å². The van der Waals surface area contributed by atoms with Crippen molar-refractivity contribution < 1.29 is 9.47 Å². The molecule has 134 valence electrons. The summed E-state index contributed by atoms with van der Waals surface area (Å²) >= 11 is 0. The highest BCUT2D eigenvalue weighted by Gasteiger charge is 2.08. The molecule has 0 fully saturated rings. The molecule has 0 aliphatic heterocycles. The fourth-order valence-electron chi connectivity index (χ4n) is 2.68. The van der Waals surface area contributed by atoms with E-state index in [4.69, 9.17) is 9.47 Å². The van der Waals surface area contributed by atoms with Crippen molar-refractivity contribution in [1.82, 2.24) is 9.97 Å². The number of benzene rings is 2. The molecule has 0 aliphatic rings. The molecule has 0 aliphatic carbocycles. The number of nitrogens with zero attached hydrogens (tertiary/aromatic N) is 2. The third-order valence-electron chi connectivity index (χ3n) is 4.07. The van der Waals surface area contributed by atoms with Gasteiger partial charge in [0.25, 0.3) is 0 Å². The zero-order valence-electron chi connectivity index (χ0n) is 15.3. The number of aromatic nitrogens is 2. The number of ether oxygens (including phenoxy) is 2. The van der Waals surface area contributed by atoms with Crippen LogP contribution in [0.2, 0.25) is 0 Å². The monoisotopic (exact) mass is 350 g/mol. The fourth-order valence-corrected chi connectivity index (χ4v) is 2.68. The van der Waals surface area contributed by atoms with Gasteiger partial charge in [0.1, 0.15) is 29.5 Å². The lowest BCUT2D eigenvalue weighted by molar-refractivity contribution is 0.405. The quantitative estimate of drug-likeness (QED) is 0.677. The molecular formula is C20H22N4O2. The van der Waals surface area contributed by atoms with Crippen molar-refractivity contribution in [2.75, 3.05) is 24.9 Å². The Labute approximate surface area is 153 Å². The molecule has 3 rings (SSSR count). The molecule has 2 aromatic carbocycles.